The van der Waals surface area contributed by atoms with Gasteiger partial charge in [0.05, 0.1) is 5.56 Å². The van der Waals surface area contributed by atoms with Crippen molar-refractivity contribution in [1.29, 1.82) is 0 Å². The molecule has 0 radical (unpaired) electrons. The van der Waals surface area contributed by atoms with Crippen molar-refractivity contribution in [3.63, 3.8) is 0 Å². The van der Waals surface area contributed by atoms with Crippen LogP contribution in [0.3, 0.4) is 0 Å². The molecule has 5 rings (SSSR count). The zero-order valence-corrected chi connectivity index (χ0v) is 23.7. The molecule has 1 saturated heterocycles. The third kappa shape index (κ3) is 5.13. The molecule has 7 nitrogen and oxygen atoms in total. The first kappa shape index (κ1) is 26.5. The number of carbonyl (C=O) groups is 3. The molecule has 0 saturated carbocycles. The Kier molecular flexibility index (Phi) is 7.40. The molecule has 196 valence electrons. The van der Waals surface area contributed by atoms with E-state index in [1.165, 1.54) is 6.92 Å². The molecule has 2 N–H and O–H groups in total. The fraction of sp³-hybridized carbons (Fsp3) is 0.250. The van der Waals surface area contributed by atoms with Crippen LogP contribution in [0.5, 0.6) is 0 Å². The number of halogens is 3. The van der Waals surface area contributed by atoms with E-state index in [9.17, 15) is 14.4 Å². The van der Waals surface area contributed by atoms with E-state index in [0.29, 0.717) is 53.2 Å². The lowest BCUT2D eigenvalue weighted by atomic mass is 9.84. The molecule has 1 atom stereocenters. The number of benzene rings is 3. The summed E-state index contributed by atoms with van der Waals surface area (Å²) >= 11 is 16.0. The van der Waals surface area contributed by atoms with Crippen LogP contribution in [0.2, 0.25) is 10.0 Å². The highest BCUT2D eigenvalue weighted by Gasteiger charge is 2.47. The first-order valence-electron chi connectivity index (χ1n) is 12.1. The van der Waals surface area contributed by atoms with Gasteiger partial charge >= 0.3 is 0 Å². The molecule has 0 aliphatic carbocycles. The summed E-state index contributed by atoms with van der Waals surface area (Å²) in [5.74, 6) is -0.434. The summed E-state index contributed by atoms with van der Waals surface area (Å²) in [4.78, 5) is 42.6. The normalized spacial score (nSPS) is 18.7. The second-order valence-corrected chi connectivity index (χ2v) is 11.3. The van der Waals surface area contributed by atoms with Gasteiger partial charge in [0, 0.05) is 71.0 Å². The average molecular weight is 616 g/mol. The van der Waals surface area contributed by atoms with Crippen molar-refractivity contribution in [3.05, 3.63) is 91.9 Å². The van der Waals surface area contributed by atoms with Gasteiger partial charge < -0.3 is 20.4 Å². The number of anilines is 2. The maximum Gasteiger partial charge on any atom is 0.256 e. The Morgan fingerprint density at radius 2 is 1.68 bits per heavy atom. The molecular weight excluding hydrogens is 591 g/mol. The third-order valence-corrected chi connectivity index (χ3v) is 7.97. The molecule has 3 aromatic carbocycles. The van der Waals surface area contributed by atoms with Crippen LogP contribution >= 0.6 is 39.1 Å². The number of fused-ring (bicyclic) bond motifs is 1. The van der Waals surface area contributed by atoms with Crippen molar-refractivity contribution >= 4 is 68.2 Å². The number of amides is 3. The molecule has 1 unspecified atom stereocenters. The minimum Gasteiger partial charge on any atom is -0.367 e. The molecule has 2 heterocycles. The summed E-state index contributed by atoms with van der Waals surface area (Å²) in [6.45, 7) is 3.36. The monoisotopic (exact) mass is 614 g/mol. The van der Waals surface area contributed by atoms with E-state index in [4.69, 9.17) is 23.2 Å². The Morgan fingerprint density at radius 3 is 2.39 bits per heavy atom. The molecule has 2 aliphatic rings. The van der Waals surface area contributed by atoms with Crippen LogP contribution < -0.4 is 10.6 Å². The summed E-state index contributed by atoms with van der Waals surface area (Å²) < 4.78 is 0.755. The number of nitrogens with one attached hydrogen (secondary N) is 2. The minimum atomic E-state index is -1.23. The quantitative estimate of drug-likeness (QED) is 0.394. The van der Waals surface area contributed by atoms with Gasteiger partial charge in [-0.1, -0.05) is 57.3 Å². The zero-order valence-electron chi connectivity index (χ0n) is 20.6. The summed E-state index contributed by atoms with van der Waals surface area (Å²) in [6, 6.07) is 18.0. The van der Waals surface area contributed by atoms with Gasteiger partial charge in [-0.05, 0) is 48.0 Å². The van der Waals surface area contributed by atoms with Crippen molar-refractivity contribution in [2.24, 2.45) is 0 Å². The molecule has 3 aromatic rings. The molecule has 1 fully saturated rings. The van der Waals surface area contributed by atoms with Crippen LogP contribution in [0.25, 0.3) is 0 Å². The van der Waals surface area contributed by atoms with E-state index in [1.807, 2.05) is 24.3 Å². The van der Waals surface area contributed by atoms with Crippen molar-refractivity contribution in [2.45, 2.75) is 18.9 Å². The predicted octanol–water partition coefficient (Wildman–Crippen LogP) is 5.56. The van der Waals surface area contributed by atoms with E-state index >= 15 is 0 Å². The number of rotatable bonds is 5. The van der Waals surface area contributed by atoms with Crippen LogP contribution in [0.15, 0.2) is 65.1 Å². The minimum absolute atomic E-state index is 0.00271. The number of nitrogens with zero attached hydrogens (tertiary/aromatic N) is 2. The van der Waals surface area contributed by atoms with E-state index in [0.717, 1.165) is 15.6 Å². The second-order valence-electron chi connectivity index (χ2n) is 9.47. The molecule has 0 spiro atoms. The van der Waals surface area contributed by atoms with Crippen LogP contribution in [0, 0.1) is 0 Å². The molecule has 0 aromatic heterocycles. The Bertz CT molecular complexity index is 1440. The van der Waals surface area contributed by atoms with Gasteiger partial charge in [0.2, 0.25) is 5.91 Å². The molecule has 38 heavy (non-hydrogen) atoms. The van der Waals surface area contributed by atoms with Crippen molar-refractivity contribution in [2.75, 3.05) is 36.8 Å². The van der Waals surface area contributed by atoms with Gasteiger partial charge in [-0.3, -0.25) is 14.4 Å². The van der Waals surface area contributed by atoms with Crippen LogP contribution in [-0.2, 0) is 21.5 Å². The van der Waals surface area contributed by atoms with E-state index in [2.05, 4.69) is 26.6 Å². The maximum absolute atomic E-state index is 13.7. The van der Waals surface area contributed by atoms with Gasteiger partial charge in [0.1, 0.15) is 5.54 Å². The van der Waals surface area contributed by atoms with Gasteiger partial charge in [-0.2, -0.15) is 0 Å². The van der Waals surface area contributed by atoms with Crippen LogP contribution in [-0.4, -0.2) is 53.7 Å². The first-order chi connectivity index (χ1) is 18.2. The Labute approximate surface area is 239 Å². The molecular formula is C28H25BrCl2N4O3. The van der Waals surface area contributed by atoms with Crippen LogP contribution in [0.1, 0.15) is 28.4 Å². The third-order valence-electron chi connectivity index (χ3n) is 7.01. The number of piperazine rings is 1. The Hall–Kier alpha value is -3.07. The van der Waals surface area contributed by atoms with Gasteiger partial charge in [-0.25, -0.2) is 0 Å². The highest BCUT2D eigenvalue weighted by molar-refractivity contribution is 9.10. The largest absolute Gasteiger partial charge is 0.367 e. The Balaban J connectivity index is 1.55. The lowest BCUT2D eigenvalue weighted by molar-refractivity contribution is -0.130. The highest BCUT2D eigenvalue weighted by Crippen LogP contribution is 2.43. The maximum atomic E-state index is 13.7. The summed E-state index contributed by atoms with van der Waals surface area (Å²) in [5.41, 5.74) is 1.91. The van der Waals surface area contributed by atoms with E-state index in [-0.39, 0.29) is 24.1 Å². The fourth-order valence-corrected chi connectivity index (χ4v) is 5.82. The fourth-order valence-electron chi connectivity index (χ4n) is 5.07. The van der Waals surface area contributed by atoms with Crippen LogP contribution in [0.4, 0.5) is 11.4 Å². The number of hydrogen-bond acceptors (Lipinski definition) is 4. The summed E-state index contributed by atoms with van der Waals surface area (Å²) in [7, 11) is 0. The SMILES string of the molecule is CC(=O)N1CCN(C(=O)c2ccc(Br)cc2NC2(Cc3cccc(Cl)c3)C(=O)Nc3cc(Cl)ccc32)CC1. The molecule has 2 aliphatic heterocycles. The van der Waals surface area contributed by atoms with E-state index < -0.39 is 5.54 Å². The van der Waals surface area contributed by atoms with Gasteiger partial charge in [0.25, 0.3) is 11.8 Å². The number of carbonyl (C=O) groups excluding carboxylic acids is 3. The van der Waals surface area contributed by atoms with Crippen molar-refractivity contribution in [1.82, 2.24) is 9.80 Å². The molecule has 0 bridgehead atoms. The van der Waals surface area contributed by atoms with E-state index in [1.54, 1.807) is 46.2 Å². The topological polar surface area (TPSA) is 81.8 Å². The lowest BCUT2D eigenvalue weighted by Gasteiger charge is -2.35. The average Bonchev–Trinajstić information content (AvgIpc) is 3.13. The Morgan fingerprint density at radius 1 is 0.974 bits per heavy atom. The summed E-state index contributed by atoms with van der Waals surface area (Å²) in [5, 5.41) is 7.50. The lowest BCUT2D eigenvalue weighted by Crippen LogP contribution is -2.50. The van der Waals surface area contributed by atoms with Crippen molar-refractivity contribution in [3.8, 4) is 0 Å². The second kappa shape index (κ2) is 10.6. The van der Waals surface area contributed by atoms with Gasteiger partial charge in [0.15, 0.2) is 0 Å². The summed E-state index contributed by atoms with van der Waals surface area (Å²) in [6.07, 6.45) is 0.283. The molecule has 3 amide bonds. The van der Waals surface area contributed by atoms with Crippen molar-refractivity contribution < 1.29 is 14.4 Å². The first-order valence-corrected chi connectivity index (χ1v) is 13.7. The standard InChI is InChI=1S/C28H25BrCl2N4O3/c1-17(36)34-9-11-35(12-10-34)26(37)22-7-5-19(29)14-24(22)33-28(16-18-3-2-4-20(30)13-18)23-8-6-21(31)15-25(23)32-27(28)38/h2-8,13-15,33H,9-12,16H2,1H3,(H,32,38). The highest BCUT2D eigenvalue weighted by atomic mass is 79.9. The zero-order chi connectivity index (χ0) is 27.0. The predicted molar refractivity (Wildman–Crippen MR) is 153 cm³/mol. The smallest absolute Gasteiger partial charge is 0.256 e. The number of hydrogen-bond donors (Lipinski definition) is 2. The molecule has 10 heteroatoms. The van der Waals surface area contributed by atoms with Gasteiger partial charge in [-0.15, -0.1) is 0 Å².